The summed E-state index contributed by atoms with van der Waals surface area (Å²) in [6, 6.07) is 17.1. The molecule has 0 aliphatic carbocycles. The van der Waals surface area contributed by atoms with Gasteiger partial charge in [-0.3, -0.25) is 4.79 Å². The Morgan fingerprint density at radius 2 is 1.67 bits per heavy atom. The minimum Gasteiger partial charge on any atom is -0.465 e. The normalized spacial score (nSPS) is 12.0. The SMILES string of the molecule is CCOC(=O)[C@H](C)N(Oc1ccccc1)[P+](=O)CCNC(=O)OCc1ccccc1. The molecule has 9 heteroatoms. The highest BCUT2D eigenvalue weighted by Crippen LogP contribution is 2.31. The first-order chi connectivity index (χ1) is 14.5. The second-order valence-corrected chi connectivity index (χ2v) is 7.74. The molecule has 0 aliphatic rings. The van der Waals surface area contributed by atoms with E-state index in [1.165, 1.54) is 0 Å². The van der Waals surface area contributed by atoms with Gasteiger partial charge in [0.25, 0.3) is 0 Å². The van der Waals surface area contributed by atoms with E-state index in [9.17, 15) is 14.2 Å². The molecule has 1 amide bonds. The minimum atomic E-state index is -2.14. The molecule has 0 spiro atoms. The van der Waals surface area contributed by atoms with Crippen LogP contribution < -0.4 is 10.2 Å². The van der Waals surface area contributed by atoms with Crippen molar-refractivity contribution in [2.24, 2.45) is 0 Å². The highest BCUT2D eigenvalue weighted by atomic mass is 31.1. The maximum Gasteiger partial charge on any atom is 0.473 e. The first-order valence-corrected chi connectivity index (χ1v) is 11.0. The summed E-state index contributed by atoms with van der Waals surface area (Å²) in [6.45, 7) is 3.68. The van der Waals surface area contributed by atoms with Crippen molar-refractivity contribution in [3.63, 3.8) is 0 Å². The molecule has 8 nitrogen and oxygen atoms in total. The van der Waals surface area contributed by atoms with Gasteiger partial charge in [-0.05, 0) is 36.1 Å². The molecule has 0 radical (unpaired) electrons. The second kappa shape index (κ2) is 12.6. The standard InChI is InChI=1S/C21H25N2O6P/c1-3-27-20(24)17(2)23(29-19-12-8-5-9-13-19)30(26)15-14-22-21(25)28-16-18-10-6-4-7-11-18/h4-13,17H,3,14-16H2,1-2H3/p+1/t17-/m0/s1. The molecule has 0 saturated carbocycles. The molecule has 0 saturated heterocycles. The van der Waals surface area contributed by atoms with E-state index in [0.717, 1.165) is 10.4 Å². The van der Waals surface area contributed by atoms with Crippen molar-refractivity contribution < 1.29 is 28.5 Å². The zero-order valence-corrected chi connectivity index (χ0v) is 17.9. The van der Waals surface area contributed by atoms with Gasteiger partial charge in [-0.15, -0.1) is 0 Å². The summed E-state index contributed by atoms with van der Waals surface area (Å²) < 4.78 is 22.9. The lowest BCUT2D eigenvalue weighted by molar-refractivity contribution is -0.153. The van der Waals surface area contributed by atoms with Gasteiger partial charge >= 0.3 is 20.0 Å². The summed E-state index contributed by atoms with van der Waals surface area (Å²) >= 11 is 0. The largest absolute Gasteiger partial charge is 0.473 e. The number of alkyl carbamates (subject to hydrolysis) is 1. The lowest BCUT2D eigenvalue weighted by atomic mass is 10.2. The fourth-order valence-electron chi connectivity index (χ4n) is 2.39. The Labute approximate surface area is 176 Å². The van der Waals surface area contributed by atoms with Crippen LogP contribution in [0.15, 0.2) is 60.7 Å². The molecule has 2 aromatic rings. The third-order valence-corrected chi connectivity index (χ3v) is 5.38. The van der Waals surface area contributed by atoms with Crippen molar-refractivity contribution in [2.75, 3.05) is 19.3 Å². The lowest BCUT2D eigenvalue weighted by Gasteiger charge is -2.17. The Morgan fingerprint density at radius 3 is 2.30 bits per heavy atom. The number of hydrogen-bond donors (Lipinski definition) is 1. The second-order valence-electron chi connectivity index (χ2n) is 6.20. The number of nitrogens with zero attached hydrogens (tertiary/aromatic N) is 1. The van der Waals surface area contributed by atoms with Crippen LogP contribution in [0.5, 0.6) is 5.75 Å². The maximum absolute atomic E-state index is 12.8. The molecule has 0 aliphatic heterocycles. The van der Waals surface area contributed by atoms with Crippen LogP contribution in [0.4, 0.5) is 4.79 Å². The van der Waals surface area contributed by atoms with E-state index in [1.54, 1.807) is 38.1 Å². The average molecular weight is 433 g/mol. The molecule has 0 heterocycles. The fraction of sp³-hybridized carbons (Fsp3) is 0.333. The molecule has 0 bridgehead atoms. The minimum absolute atomic E-state index is 0.0619. The molecule has 160 valence electrons. The molecule has 30 heavy (non-hydrogen) atoms. The van der Waals surface area contributed by atoms with Crippen LogP contribution in [0.2, 0.25) is 0 Å². The Hall–Kier alpha value is -2.96. The quantitative estimate of drug-likeness (QED) is 0.326. The number of ether oxygens (including phenoxy) is 2. The average Bonchev–Trinajstić information content (AvgIpc) is 2.77. The van der Waals surface area contributed by atoms with Crippen molar-refractivity contribution in [1.29, 1.82) is 0 Å². The Morgan fingerprint density at radius 1 is 1.03 bits per heavy atom. The van der Waals surface area contributed by atoms with Crippen LogP contribution in [-0.4, -0.2) is 42.3 Å². The van der Waals surface area contributed by atoms with Crippen molar-refractivity contribution >= 4 is 20.0 Å². The monoisotopic (exact) mass is 433 g/mol. The van der Waals surface area contributed by atoms with Gasteiger partial charge in [-0.2, -0.15) is 0 Å². The van der Waals surface area contributed by atoms with E-state index in [-0.39, 0.29) is 25.9 Å². The molecule has 2 rings (SSSR count). The fourth-order valence-corrected chi connectivity index (χ4v) is 3.55. The number of amides is 1. The van der Waals surface area contributed by atoms with E-state index < -0.39 is 26.1 Å². The number of para-hydroxylation sites is 1. The number of carbonyl (C=O) groups excluding carboxylic acids is 2. The first-order valence-electron chi connectivity index (χ1n) is 9.59. The summed E-state index contributed by atoms with van der Waals surface area (Å²) in [5, 5.41) is 2.55. The number of esters is 1. The Bertz CT molecular complexity index is 819. The summed E-state index contributed by atoms with van der Waals surface area (Å²) in [5.74, 6) is -0.112. The maximum atomic E-state index is 12.8. The van der Waals surface area contributed by atoms with E-state index in [2.05, 4.69) is 5.32 Å². The van der Waals surface area contributed by atoms with Crippen LogP contribution in [-0.2, 0) is 25.4 Å². The Kier molecular flexibility index (Phi) is 9.77. The third-order valence-electron chi connectivity index (χ3n) is 3.91. The highest BCUT2D eigenvalue weighted by molar-refractivity contribution is 7.41. The number of carbonyl (C=O) groups is 2. The summed E-state index contributed by atoms with van der Waals surface area (Å²) in [6.07, 6.45) is -0.553. The summed E-state index contributed by atoms with van der Waals surface area (Å²) in [4.78, 5) is 30.7. The third kappa shape index (κ3) is 7.81. The lowest BCUT2D eigenvalue weighted by Crippen LogP contribution is -2.39. The van der Waals surface area contributed by atoms with Crippen molar-refractivity contribution in [2.45, 2.75) is 26.5 Å². The number of hydroxylamine groups is 1. The first kappa shape index (κ1) is 23.3. The number of hydrogen-bond acceptors (Lipinski definition) is 6. The van der Waals surface area contributed by atoms with Crippen LogP contribution in [0, 0.1) is 0 Å². The molecule has 0 fully saturated rings. The van der Waals surface area contributed by atoms with Gasteiger partial charge in [0.1, 0.15) is 6.61 Å². The number of nitrogens with one attached hydrogen (secondary N) is 1. The van der Waals surface area contributed by atoms with E-state index in [1.807, 2.05) is 36.4 Å². The van der Waals surface area contributed by atoms with Gasteiger partial charge in [0.2, 0.25) is 0 Å². The van der Waals surface area contributed by atoms with Crippen LogP contribution in [0.3, 0.4) is 0 Å². The zero-order chi connectivity index (χ0) is 21.8. The molecular weight excluding hydrogens is 407 g/mol. The predicted molar refractivity (Wildman–Crippen MR) is 112 cm³/mol. The van der Waals surface area contributed by atoms with Crippen molar-refractivity contribution in [1.82, 2.24) is 10.2 Å². The zero-order valence-electron chi connectivity index (χ0n) is 17.0. The molecule has 2 aromatic carbocycles. The van der Waals surface area contributed by atoms with E-state index in [4.69, 9.17) is 14.3 Å². The molecule has 1 unspecified atom stereocenters. The number of rotatable bonds is 11. The Balaban J connectivity index is 1.88. The van der Waals surface area contributed by atoms with Gasteiger partial charge in [0.15, 0.2) is 18.0 Å². The van der Waals surface area contributed by atoms with Crippen LogP contribution in [0.25, 0.3) is 0 Å². The van der Waals surface area contributed by atoms with Gasteiger partial charge in [0, 0.05) is 0 Å². The molecule has 0 aromatic heterocycles. The van der Waals surface area contributed by atoms with Gasteiger partial charge in [-0.1, -0.05) is 48.5 Å². The topological polar surface area (TPSA) is 94.2 Å². The van der Waals surface area contributed by atoms with Crippen molar-refractivity contribution in [3.05, 3.63) is 66.2 Å². The molecular formula is C21H26N2O6P+. The number of benzene rings is 2. The summed E-state index contributed by atoms with van der Waals surface area (Å²) in [5.41, 5.74) is 0.865. The predicted octanol–water partition coefficient (Wildman–Crippen LogP) is 3.90. The van der Waals surface area contributed by atoms with E-state index in [0.29, 0.717) is 5.75 Å². The smallest absolute Gasteiger partial charge is 0.465 e. The molecule has 2 atom stereocenters. The highest BCUT2D eigenvalue weighted by Gasteiger charge is 2.40. The van der Waals surface area contributed by atoms with Crippen LogP contribution in [0.1, 0.15) is 19.4 Å². The van der Waals surface area contributed by atoms with Gasteiger partial charge < -0.3 is 19.6 Å². The van der Waals surface area contributed by atoms with Crippen LogP contribution >= 0.6 is 7.95 Å². The van der Waals surface area contributed by atoms with Gasteiger partial charge in [-0.25, -0.2) is 4.79 Å². The van der Waals surface area contributed by atoms with E-state index >= 15 is 0 Å². The van der Waals surface area contributed by atoms with Gasteiger partial charge in [0.05, 0.1) is 18.0 Å². The summed E-state index contributed by atoms with van der Waals surface area (Å²) in [7, 11) is -2.14. The molecule has 1 N–H and O–H groups in total. The van der Waals surface area contributed by atoms with Crippen molar-refractivity contribution in [3.8, 4) is 5.75 Å².